The first-order chi connectivity index (χ1) is 17.4. The number of hydrogen-bond donors (Lipinski definition) is 1. The van der Waals surface area contributed by atoms with Crippen molar-refractivity contribution in [2.75, 3.05) is 23.5 Å². The Balaban J connectivity index is 1.47. The van der Waals surface area contributed by atoms with E-state index >= 15 is 0 Å². The van der Waals surface area contributed by atoms with Gasteiger partial charge < -0.3 is 14.8 Å². The number of carbonyl (C=O) groups excluding carboxylic acids is 2. The molecule has 0 fully saturated rings. The van der Waals surface area contributed by atoms with Gasteiger partial charge in [-0.25, -0.2) is 0 Å². The molecule has 0 spiro atoms. The van der Waals surface area contributed by atoms with Crippen molar-refractivity contribution in [3.05, 3.63) is 89.0 Å². The molecule has 1 heterocycles. The van der Waals surface area contributed by atoms with Gasteiger partial charge in [0.1, 0.15) is 0 Å². The lowest BCUT2D eigenvalue weighted by Gasteiger charge is -2.13. The minimum atomic E-state index is -0.267. The smallest absolute Gasteiger partial charge is 0.280 e. The van der Waals surface area contributed by atoms with Gasteiger partial charge in [-0.1, -0.05) is 30.3 Å². The highest BCUT2D eigenvalue weighted by molar-refractivity contribution is 6.32. The number of anilines is 2. The molecule has 0 unspecified atom stereocenters. The molecule has 36 heavy (non-hydrogen) atoms. The summed E-state index contributed by atoms with van der Waals surface area (Å²) in [5.41, 5.74) is 5.59. The van der Waals surface area contributed by atoms with Gasteiger partial charge in [0.15, 0.2) is 18.1 Å². The zero-order chi connectivity index (χ0) is 25.7. The van der Waals surface area contributed by atoms with E-state index in [1.54, 1.807) is 18.2 Å². The van der Waals surface area contributed by atoms with Crippen LogP contribution in [0.4, 0.5) is 11.4 Å². The van der Waals surface area contributed by atoms with Crippen LogP contribution in [0.2, 0.25) is 0 Å². The fourth-order valence-electron chi connectivity index (χ4n) is 3.76. The molecule has 7 nitrogen and oxygen atoms in total. The Bertz CT molecular complexity index is 1350. The summed E-state index contributed by atoms with van der Waals surface area (Å²) in [6, 6.07) is 20.4. The second-order valence-corrected chi connectivity index (χ2v) is 8.47. The Labute approximate surface area is 211 Å². The molecule has 4 rings (SSSR count). The maximum atomic E-state index is 13.0. The minimum Gasteiger partial charge on any atom is -0.490 e. The summed E-state index contributed by atoms with van der Waals surface area (Å²) in [5, 5.41) is 8.67. The topological polar surface area (TPSA) is 80.2 Å². The minimum absolute atomic E-state index is 0.163. The second-order valence-electron chi connectivity index (χ2n) is 8.47. The van der Waals surface area contributed by atoms with E-state index in [1.807, 2.05) is 82.3 Å². The average Bonchev–Trinajstić information content (AvgIpc) is 3.15. The number of ether oxygens (including phenoxy) is 2. The van der Waals surface area contributed by atoms with Gasteiger partial charge in [0, 0.05) is 5.69 Å². The lowest BCUT2D eigenvalue weighted by atomic mass is 10.1. The van der Waals surface area contributed by atoms with Gasteiger partial charge in [0.25, 0.3) is 11.8 Å². The van der Waals surface area contributed by atoms with Crippen LogP contribution in [0, 0.1) is 13.8 Å². The summed E-state index contributed by atoms with van der Waals surface area (Å²) in [7, 11) is 0. The van der Waals surface area contributed by atoms with Crippen molar-refractivity contribution in [3.63, 3.8) is 0 Å². The lowest BCUT2D eigenvalue weighted by molar-refractivity contribution is -0.118. The first kappa shape index (κ1) is 24.7. The molecule has 0 saturated carbocycles. The number of nitrogens with one attached hydrogen (secondary N) is 1. The predicted octanol–water partition coefficient (Wildman–Crippen LogP) is 5.53. The molecule has 0 saturated heterocycles. The van der Waals surface area contributed by atoms with Crippen molar-refractivity contribution < 1.29 is 19.1 Å². The Kier molecular flexibility index (Phi) is 7.49. The molecule has 0 radical (unpaired) electrons. The molecule has 7 heteroatoms. The maximum absolute atomic E-state index is 13.0. The van der Waals surface area contributed by atoms with Crippen LogP contribution in [0.25, 0.3) is 6.08 Å². The van der Waals surface area contributed by atoms with E-state index in [1.165, 1.54) is 5.01 Å². The van der Waals surface area contributed by atoms with Gasteiger partial charge in [0.05, 0.1) is 23.6 Å². The monoisotopic (exact) mass is 483 g/mol. The van der Waals surface area contributed by atoms with E-state index in [-0.39, 0.29) is 18.4 Å². The number of nitrogens with zero attached hydrogens (tertiary/aromatic N) is 2. The number of hydrogen-bond acceptors (Lipinski definition) is 5. The van der Waals surface area contributed by atoms with Crippen LogP contribution in [0.1, 0.15) is 30.5 Å². The van der Waals surface area contributed by atoms with E-state index in [0.29, 0.717) is 35.1 Å². The third kappa shape index (κ3) is 5.63. The van der Waals surface area contributed by atoms with Crippen LogP contribution in [0.15, 0.2) is 77.4 Å². The van der Waals surface area contributed by atoms with Crippen LogP contribution in [-0.4, -0.2) is 30.7 Å². The quantitative estimate of drug-likeness (QED) is 0.428. The van der Waals surface area contributed by atoms with Crippen molar-refractivity contribution in [1.82, 2.24) is 0 Å². The molecule has 0 aromatic heterocycles. The maximum Gasteiger partial charge on any atom is 0.280 e. The number of amides is 2. The highest BCUT2D eigenvalue weighted by atomic mass is 16.5. The summed E-state index contributed by atoms with van der Waals surface area (Å²) in [5.74, 6) is 0.477. The molecular formula is C29H29N3O4. The summed E-state index contributed by atoms with van der Waals surface area (Å²) >= 11 is 0. The number of aryl methyl sites for hydroxylation is 2. The third-order valence-electron chi connectivity index (χ3n) is 5.79. The largest absolute Gasteiger partial charge is 0.490 e. The average molecular weight is 484 g/mol. The van der Waals surface area contributed by atoms with Crippen molar-refractivity contribution >= 4 is 35.0 Å². The molecule has 3 aromatic rings. The van der Waals surface area contributed by atoms with E-state index < -0.39 is 0 Å². The van der Waals surface area contributed by atoms with Gasteiger partial charge >= 0.3 is 0 Å². The number of benzene rings is 3. The number of rotatable bonds is 8. The molecule has 0 bridgehead atoms. The van der Waals surface area contributed by atoms with Crippen LogP contribution in [0.3, 0.4) is 0 Å². The van der Waals surface area contributed by atoms with Crippen molar-refractivity contribution in [3.8, 4) is 11.5 Å². The molecule has 0 atom stereocenters. The summed E-state index contributed by atoms with van der Waals surface area (Å²) in [6.45, 7) is 7.96. The van der Waals surface area contributed by atoms with Gasteiger partial charge in [0.2, 0.25) is 0 Å². The SMILES string of the molecule is CCOc1cc(C=C2C(=O)N(c3ccccc3)N=C2C)ccc1OCC(=O)Nc1ccc(C)c(C)c1. The fraction of sp³-hybridized carbons (Fsp3) is 0.207. The Morgan fingerprint density at radius 2 is 1.72 bits per heavy atom. The summed E-state index contributed by atoms with van der Waals surface area (Å²) < 4.78 is 11.5. The lowest BCUT2D eigenvalue weighted by Crippen LogP contribution is -2.21. The zero-order valence-electron chi connectivity index (χ0n) is 20.9. The van der Waals surface area contributed by atoms with Crippen LogP contribution in [0.5, 0.6) is 11.5 Å². The highest BCUT2D eigenvalue weighted by Crippen LogP contribution is 2.31. The van der Waals surface area contributed by atoms with Crippen LogP contribution < -0.4 is 19.8 Å². The highest BCUT2D eigenvalue weighted by Gasteiger charge is 2.28. The van der Waals surface area contributed by atoms with Gasteiger partial charge in [-0.15, -0.1) is 0 Å². The molecule has 1 aliphatic heterocycles. The van der Waals surface area contributed by atoms with Gasteiger partial charge in [-0.05, 0) is 86.9 Å². The molecule has 0 aliphatic carbocycles. The van der Waals surface area contributed by atoms with E-state index in [2.05, 4.69) is 10.4 Å². The Morgan fingerprint density at radius 1 is 0.944 bits per heavy atom. The van der Waals surface area contributed by atoms with E-state index in [9.17, 15) is 9.59 Å². The Morgan fingerprint density at radius 3 is 2.44 bits per heavy atom. The third-order valence-corrected chi connectivity index (χ3v) is 5.79. The predicted molar refractivity (Wildman–Crippen MR) is 143 cm³/mol. The van der Waals surface area contributed by atoms with E-state index in [0.717, 1.165) is 22.4 Å². The molecule has 1 aliphatic rings. The zero-order valence-corrected chi connectivity index (χ0v) is 20.9. The van der Waals surface area contributed by atoms with Crippen LogP contribution in [-0.2, 0) is 9.59 Å². The molecule has 2 amide bonds. The van der Waals surface area contributed by atoms with Crippen LogP contribution >= 0.6 is 0 Å². The van der Waals surface area contributed by atoms with Gasteiger partial charge in [-0.3, -0.25) is 9.59 Å². The molecule has 1 N–H and O–H groups in total. The normalized spacial score (nSPS) is 14.1. The van der Waals surface area contributed by atoms with Crippen molar-refractivity contribution in [1.29, 1.82) is 0 Å². The van der Waals surface area contributed by atoms with Crippen molar-refractivity contribution in [2.45, 2.75) is 27.7 Å². The Hall–Kier alpha value is -4.39. The molecular weight excluding hydrogens is 454 g/mol. The standard InChI is InChI=1S/C29H29N3O4/c1-5-35-27-17-22(16-25-21(4)31-32(29(25)34)24-9-7-6-8-10-24)12-14-26(27)36-18-28(33)30-23-13-11-19(2)20(3)15-23/h6-17H,5,18H2,1-4H3,(H,30,33). The number of hydrazone groups is 1. The first-order valence-electron chi connectivity index (χ1n) is 11.8. The summed E-state index contributed by atoms with van der Waals surface area (Å²) in [4.78, 5) is 25.4. The molecule has 184 valence electrons. The van der Waals surface area contributed by atoms with E-state index in [4.69, 9.17) is 9.47 Å². The molecule has 3 aromatic carbocycles. The fourth-order valence-corrected chi connectivity index (χ4v) is 3.76. The van der Waals surface area contributed by atoms with Gasteiger partial charge in [-0.2, -0.15) is 10.1 Å². The first-order valence-corrected chi connectivity index (χ1v) is 11.8. The number of para-hydroxylation sites is 1. The second kappa shape index (κ2) is 10.9. The summed E-state index contributed by atoms with van der Waals surface area (Å²) in [6.07, 6.45) is 1.78. The number of carbonyl (C=O) groups is 2. The van der Waals surface area contributed by atoms with Crippen molar-refractivity contribution in [2.24, 2.45) is 5.10 Å².